The molecule has 1 aromatic heterocycles. The van der Waals surface area contributed by atoms with Gasteiger partial charge in [-0.2, -0.15) is 0 Å². The standard InChI is InChI=1S/C30H31ClN4O4/c1-20-18-33(16-17-34(20)28(36)19-39-23-14-12-22(31)13-15-23)21(2)29-32-25-9-5-4-8-24(25)30(37)35(29)26-10-6-7-11-27(26)38-3/h4-15,20-21H,16-19H2,1-3H3. The summed E-state index contributed by atoms with van der Waals surface area (Å²) >= 11 is 5.93. The van der Waals surface area contributed by atoms with Crippen LogP contribution in [0.1, 0.15) is 25.7 Å². The van der Waals surface area contributed by atoms with Gasteiger partial charge >= 0.3 is 0 Å². The maximum Gasteiger partial charge on any atom is 0.266 e. The SMILES string of the molecule is COc1ccccc1-n1c(C(C)N2CCN(C(=O)COc3ccc(Cl)cc3)C(C)C2)nc2ccccc2c1=O. The highest BCUT2D eigenvalue weighted by Crippen LogP contribution is 2.29. The third-order valence-electron chi connectivity index (χ3n) is 7.20. The van der Waals surface area contributed by atoms with Crippen molar-refractivity contribution in [1.29, 1.82) is 0 Å². The van der Waals surface area contributed by atoms with Gasteiger partial charge in [-0.1, -0.05) is 35.9 Å². The van der Waals surface area contributed by atoms with E-state index < -0.39 is 0 Å². The number of benzene rings is 3. The molecule has 0 bridgehead atoms. The van der Waals surface area contributed by atoms with Crippen molar-refractivity contribution in [3.05, 3.63) is 94.0 Å². The first-order valence-corrected chi connectivity index (χ1v) is 13.3. The average Bonchev–Trinajstić information content (AvgIpc) is 2.96. The summed E-state index contributed by atoms with van der Waals surface area (Å²) in [6.45, 7) is 5.84. The van der Waals surface area contributed by atoms with Crippen molar-refractivity contribution in [3.8, 4) is 17.2 Å². The van der Waals surface area contributed by atoms with Crippen LogP contribution < -0.4 is 15.0 Å². The number of methoxy groups -OCH3 is 1. The van der Waals surface area contributed by atoms with Crippen molar-refractivity contribution in [1.82, 2.24) is 19.4 Å². The van der Waals surface area contributed by atoms with Crippen LogP contribution in [0.3, 0.4) is 0 Å². The molecule has 0 N–H and O–H groups in total. The number of piperazine rings is 1. The molecule has 9 heteroatoms. The van der Waals surface area contributed by atoms with Gasteiger partial charge in [-0.05, 0) is 62.4 Å². The van der Waals surface area contributed by atoms with Crippen molar-refractivity contribution in [2.45, 2.75) is 25.9 Å². The zero-order valence-electron chi connectivity index (χ0n) is 22.2. The van der Waals surface area contributed by atoms with E-state index in [2.05, 4.69) is 11.8 Å². The van der Waals surface area contributed by atoms with Crippen LogP contribution in [0.25, 0.3) is 16.6 Å². The van der Waals surface area contributed by atoms with Gasteiger partial charge in [0.15, 0.2) is 6.61 Å². The summed E-state index contributed by atoms with van der Waals surface area (Å²) in [6.07, 6.45) is 0. The number of amides is 1. The maximum absolute atomic E-state index is 13.8. The van der Waals surface area contributed by atoms with Gasteiger partial charge in [0, 0.05) is 30.7 Å². The van der Waals surface area contributed by atoms with Gasteiger partial charge in [-0.15, -0.1) is 0 Å². The molecule has 1 saturated heterocycles. The summed E-state index contributed by atoms with van der Waals surface area (Å²) in [7, 11) is 1.59. The van der Waals surface area contributed by atoms with Crippen molar-refractivity contribution >= 4 is 28.4 Å². The number of hydrogen-bond acceptors (Lipinski definition) is 6. The molecule has 1 aliphatic rings. The van der Waals surface area contributed by atoms with Gasteiger partial charge in [0.1, 0.15) is 17.3 Å². The van der Waals surface area contributed by atoms with E-state index in [1.54, 1.807) is 42.0 Å². The minimum Gasteiger partial charge on any atom is -0.495 e. The number of ether oxygens (including phenoxy) is 2. The zero-order chi connectivity index (χ0) is 27.5. The first kappa shape index (κ1) is 26.7. The number of nitrogens with zero attached hydrogens (tertiary/aromatic N) is 4. The van der Waals surface area contributed by atoms with E-state index in [-0.39, 0.29) is 30.2 Å². The second kappa shape index (κ2) is 11.5. The maximum atomic E-state index is 13.8. The van der Waals surface area contributed by atoms with E-state index in [1.165, 1.54) is 0 Å². The van der Waals surface area contributed by atoms with Crippen LogP contribution in [0, 0.1) is 0 Å². The summed E-state index contributed by atoms with van der Waals surface area (Å²) in [5, 5.41) is 1.16. The normalized spacial score (nSPS) is 16.7. The van der Waals surface area contributed by atoms with Gasteiger partial charge in [0.2, 0.25) is 0 Å². The van der Waals surface area contributed by atoms with Crippen molar-refractivity contribution in [3.63, 3.8) is 0 Å². The Bertz CT molecular complexity index is 1540. The molecule has 0 radical (unpaired) electrons. The topological polar surface area (TPSA) is 76.9 Å². The number of rotatable bonds is 7. The van der Waals surface area contributed by atoms with Crippen LogP contribution in [0.4, 0.5) is 0 Å². The second-order valence-corrected chi connectivity index (χ2v) is 10.1. The second-order valence-electron chi connectivity index (χ2n) is 9.65. The number of fused-ring (bicyclic) bond motifs is 1. The molecule has 2 heterocycles. The first-order valence-electron chi connectivity index (χ1n) is 12.9. The number of aromatic nitrogens is 2. The van der Waals surface area contributed by atoms with E-state index in [1.807, 2.05) is 54.3 Å². The smallest absolute Gasteiger partial charge is 0.266 e. The van der Waals surface area contributed by atoms with Crippen molar-refractivity contribution in [2.75, 3.05) is 33.4 Å². The quantitative estimate of drug-likeness (QED) is 0.334. The van der Waals surface area contributed by atoms with Gasteiger partial charge in [-0.25, -0.2) is 4.98 Å². The summed E-state index contributed by atoms with van der Waals surface area (Å²) < 4.78 is 12.9. The molecule has 39 heavy (non-hydrogen) atoms. The van der Waals surface area contributed by atoms with Gasteiger partial charge in [-0.3, -0.25) is 19.1 Å². The number of halogens is 1. The lowest BCUT2D eigenvalue weighted by Gasteiger charge is -2.42. The molecule has 1 amide bonds. The molecule has 2 unspecified atom stereocenters. The Morgan fingerprint density at radius 3 is 2.51 bits per heavy atom. The van der Waals surface area contributed by atoms with E-state index in [0.717, 1.165) is 0 Å². The molecule has 3 aromatic carbocycles. The lowest BCUT2D eigenvalue weighted by atomic mass is 10.1. The van der Waals surface area contributed by atoms with Crippen LogP contribution in [-0.4, -0.2) is 64.7 Å². The Morgan fingerprint density at radius 1 is 1.05 bits per heavy atom. The minimum absolute atomic E-state index is 0.0406. The predicted octanol–water partition coefficient (Wildman–Crippen LogP) is 4.72. The number of para-hydroxylation sites is 3. The fourth-order valence-electron chi connectivity index (χ4n) is 5.11. The molecule has 4 aromatic rings. The molecule has 5 rings (SSSR count). The molecule has 1 aliphatic heterocycles. The van der Waals surface area contributed by atoms with Crippen LogP contribution in [0.15, 0.2) is 77.6 Å². The fourth-order valence-corrected chi connectivity index (χ4v) is 5.23. The Morgan fingerprint density at radius 2 is 1.77 bits per heavy atom. The summed E-state index contributed by atoms with van der Waals surface area (Å²) in [6, 6.07) is 21.6. The number of carbonyl (C=O) groups excluding carboxylic acids is 1. The fraction of sp³-hybridized carbons (Fsp3) is 0.300. The van der Waals surface area contributed by atoms with Gasteiger partial charge in [0.25, 0.3) is 11.5 Å². The Labute approximate surface area is 232 Å². The largest absolute Gasteiger partial charge is 0.495 e. The van der Waals surface area contributed by atoms with E-state index in [0.29, 0.717) is 58.6 Å². The van der Waals surface area contributed by atoms with E-state index in [9.17, 15) is 9.59 Å². The molecule has 1 fully saturated rings. The predicted molar refractivity (Wildman–Crippen MR) is 152 cm³/mol. The highest BCUT2D eigenvalue weighted by molar-refractivity contribution is 6.30. The van der Waals surface area contributed by atoms with Crippen LogP contribution >= 0.6 is 11.6 Å². The lowest BCUT2D eigenvalue weighted by Crippen LogP contribution is -2.55. The van der Waals surface area contributed by atoms with Gasteiger partial charge in [0.05, 0.1) is 29.7 Å². The zero-order valence-corrected chi connectivity index (χ0v) is 23.0. The number of carbonyl (C=O) groups is 1. The molecule has 0 spiro atoms. The van der Waals surface area contributed by atoms with Gasteiger partial charge < -0.3 is 14.4 Å². The average molecular weight is 547 g/mol. The Balaban J connectivity index is 1.39. The molecule has 0 aliphatic carbocycles. The molecule has 202 valence electrons. The van der Waals surface area contributed by atoms with E-state index >= 15 is 0 Å². The van der Waals surface area contributed by atoms with Crippen LogP contribution in [-0.2, 0) is 4.79 Å². The number of hydrogen-bond donors (Lipinski definition) is 0. The Hall–Kier alpha value is -3.88. The molecular weight excluding hydrogens is 516 g/mol. The molecule has 0 saturated carbocycles. The highest BCUT2D eigenvalue weighted by Gasteiger charge is 2.32. The lowest BCUT2D eigenvalue weighted by molar-refractivity contribution is -0.138. The first-order chi connectivity index (χ1) is 18.9. The molecule has 2 atom stereocenters. The molecule has 8 nitrogen and oxygen atoms in total. The third kappa shape index (κ3) is 5.48. The minimum atomic E-state index is -0.197. The van der Waals surface area contributed by atoms with Crippen molar-refractivity contribution < 1.29 is 14.3 Å². The monoisotopic (exact) mass is 546 g/mol. The highest BCUT2D eigenvalue weighted by atomic mass is 35.5. The van der Waals surface area contributed by atoms with Crippen LogP contribution in [0.5, 0.6) is 11.5 Å². The van der Waals surface area contributed by atoms with Crippen molar-refractivity contribution in [2.24, 2.45) is 0 Å². The van der Waals surface area contributed by atoms with E-state index in [4.69, 9.17) is 26.1 Å². The third-order valence-corrected chi connectivity index (χ3v) is 7.46. The van der Waals surface area contributed by atoms with Crippen LogP contribution in [0.2, 0.25) is 5.02 Å². The summed E-state index contributed by atoms with van der Waals surface area (Å²) in [4.78, 5) is 35.8. The summed E-state index contributed by atoms with van der Waals surface area (Å²) in [5.41, 5.74) is 1.15. The Kier molecular flexibility index (Phi) is 7.86. The summed E-state index contributed by atoms with van der Waals surface area (Å²) in [5.74, 6) is 1.75. The molecular formula is C30H31ClN4O4.